The Bertz CT molecular complexity index is 288. The highest BCUT2D eigenvalue weighted by molar-refractivity contribution is 6.33. The zero-order valence-electron chi connectivity index (χ0n) is 5.13. The first-order valence-corrected chi connectivity index (χ1v) is 3.04. The zero-order valence-corrected chi connectivity index (χ0v) is 5.89. The Hall–Kier alpha value is -1.20. The summed E-state index contributed by atoms with van der Waals surface area (Å²) in [6.45, 7) is 6.64. The molecule has 0 aliphatic carbocycles. The minimum absolute atomic E-state index is 0.438. The summed E-state index contributed by atoms with van der Waals surface area (Å²) in [7, 11) is 0. The van der Waals surface area contributed by atoms with E-state index in [4.69, 9.17) is 23.9 Å². The zero-order chi connectivity index (χ0) is 7.56. The van der Waals surface area contributed by atoms with Crippen LogP contribution in [0.5, 0.6) is 0 Å². The Morgan fingerprint density at radius 2 is 2.20 bits per heavy atom. The molecule has 0 saturated carbocycles. The lowest BCUT2D eigenvalue weighted by Crippen LogP contribution is -1.83. The molecule has 0 heterocycles. The van der Waals surface area contributed by atoms with Crippen LogP contribution in [0.1, 0.15) is 0 Å². The maximum Gasteiger partial charge on any atom is 0.188 e. The predicted octanol–water partition coefficient (Wildman–Crippen LogP) is 2.47. The molecule has 0 saturated heterocycles. The van der Waals surface area contributed by atoms with Gasteiger partial charge in [-0.05, 0) is 12.1 Å². The molecule has 2 N–H and O–H groups in total. The fourth-order valence-corrected chi connectivity index (χ4v) is 0.760. The van der Waals surface area contributed by atoms with E-state index in [1.807, 2.05) is 0 Å². The molecule has 0 bridgehead atoms. The lowest BCUT2D eigenvalue weighted by molar-refractivity contribution is 1.69. The second-order valence-electron chi connectivity index (χ2n) is 1.82. The van der Waals surface area contributed by atoms with E-state index in [1.54, 1.807) is 18.2 Å². The van der Waals surface area contributed by atoms with Gasteiger partial charge < -0.3 is 5.73 Å². The van der Waals surface area contributed by atoms with Crippen molar-refractivity contribution in [3.8, 4) is 0 Å². The van der Waals surface area contributed by atoms with E-state index in [0.717, 1.165) is 0 Å². The highest BCUT2D eigenvalue weighted by Gasteiger charge is 1.95. The summed E-state index contributed by atoms with van der Waals surface area (Å²) in [4.78, 5) is 3.18. The van der Waals surface area contributed by atoms with E-state index in [1.165, 1.54) is 0 Å². The van der Waals surface area contributed by atoms with Crippen molar-refractivity contribution in [3.05, 3.63) is 34.6 Å². The van der Waals surface area contributed by atoms with Gasteiger partial charge in [-0.15, -0.1) is 0 Å². The average molecular weight is 153 g/mol. The molecule has 0 aliphatic heterocycles. The summed E-state index contributed by atoms with van der Waals surface area (Å²) in [6.07, 6.45) is 0. The van der Waals surface area contributed by atoms with Gasteiger partial charge in [-0.25, -0.2) is 4.85 Å². The number of halogens is 1. The number of nitrogens with two attached hydrogens (primary N) is 1. The highest BCUT2D eigenvalue weighted by Crippen LogP contribution is 2.23. The smallest absolute Gasteiger partial charge is 0.188 e. The Balaban J connectivity index is 3.20. The first-order chi connectivity index (χ1) is 4.74. The number of benzene rings is 1. The molecule has 0 spiro atoms. The molecule has 3 heteroatoms. The van der Waals surface area contributed by atoms with Crippen molar-refractivity contribution in [1.29, 1.82) is 0 Å². The molecule has 50 valence electrons. The average Bonchev–Trinajstić information content (AvgIpc) is 1.95. The lowest BCUT2D eigenvalue weighted by Gasteiger charge is -1.95. The SMILES string of the molecule is [C-]#[N+]c1ccc(N)c(Cl)c1. The van der Waals surface area contributed by atoms with E-state index in [9.17, 15) is 0 Å². The van der Waals surface area contributed by atoms with E-state index in [2.05, 4.69) is 4.85 Å². The fraction of sp³-hybridized carbons (Fsp3) is 0. The normalized spacial score (nSPS) is 8.80. The fourth-order valence-electron chi connectivity index (χ4n) is 0.586. The van der Waals surface area contributed by atoms with E-state index < -0.39 is 0 Å². The molecule has 2 nitrogen and oxygen atoms in total. The highest BCUT2D eigenvalue weighted by atomic mass is 35.5. The molecule has 0 atom stereocenters. The van der Waals surface area contributed by atoms with Crippen LogP contribution in [0.2, 0.25) is 5.02 Å². The predicted molar refractivity (Wildman–Crippen MR) is 42.1 cm³/mol. The molecular weight excluding hydrogens is 148 g/mol. The van der Waals surface area contributed by atoms with Crippen molar-refractivity contribution >= 4 is 23.0 Å². The minimum atomic E-state index is 0.438. The summed E-state index contributed by atoms with van der Waals surface area (Å²) < 4.78 is 0. The van der Waals surface area contributed by atoms with E-state index >= 15 is 0 Å². The lowest BCUT2D eigenvalue weighted by atomic mass is 10.3. The molecular formula is C7H5ClN2. The van der Waals surface area contributed by atoms with Crippen molar-refractivity contribution in [2.24, 2.45) is 0 Å². The number of hydrogen-bond donors (Lipinski definition) is 1. The Morgan fingerprint density at radius 1 is 1.50 bits per heavy atom. The third-order valence-corrected chi connectivity index (χ3v) is 1.44. The monoisotopic (exact) mass is 152 g/mol. The first-order valence-electron chi connectivity index (χ1n) is 2.66. The maximum absolute atomic E-state index is 6.64. The Morgan fingerprint density at radius 3 is 2.70 bits per heavy atom. The largest absolute Gasteiger partial charge is 0.398 e. The second kappa shape index (κ2) is 2.59. The summed E-state index contributed by atoms with van der Waals surface area (Å²) in [5.41, 5.74) is 6.43. The van der Waals surface area contributed by atoms with Crippen LogP contribution < -0.4 is 5.73 Å². The molecule has 0 aliphatic rings. The van der Waals surface area contributed by atoms with E-state index in [-0.39, 0.29) is 0 Å². The molecule has 0 aromatic heterocycles. The van der Waals surface area contributed by atoms with Crippen LogP contribution in [0.4, 0.5) is 11.4 Å². The van der Waals surface area contributed by atoms with Crippen molar-refractivity contribution in [1.82, 2.24) is 0 Å². The Kier molecular flexibility index (Phi) is 1.79. The van der Waals surface area contributed by atoms with Gasteiger partial charge in [0, 0.05) is 5.69 Å². The van der Waals surface area contributed by atoms with Crippen LogP contribution >= 0.6 is 11.6 Å². The Labute approximate surface area is 64.0 Å². The van der Waals surface area contributed by atoms with Crippen LogP contribution in [-0.4, -0.2) is 0 Å². The van der Waals surface area contributed by atoms with Crippen LogP contribution in [-0.2, 0) is 0 Å². The molecule has 1 aromatic carbocycles. The molecule has 0 unspecified atom stereocenters. The maximum atomic E-state index is 6.64. The summed E-state index contributed by atoms with van der Waals surface area (Å²) in [6, 6.07) is 4.80. The van der Waals surface area contributed by atoms with Gasteiger partial charge in [0.1, 0.15) is 0 Å². The second-order valence-corrected chi connectivity index (χ2v) is 2.22. The van der Waals surface area contributed by atoms with Gasteiger partial charge in [0.25, 0.3) is 0 Å². The van der Waals surface area contributed by atoms with Gasteiger partial charge in [0.15, 0.2) is 5.69 Å². The van der Waals surface area contributed by atoms with Crippen LogP contribution in [0.15, 0.2) is 18.2 Å². The van der Waals surface area contributed by atoms with Gasteiger partial charge in [-0.3, -0.25) is 0 Å². The van der Waals surface area contributed by atoms with Gasteiger partial charge in [-0.2, -0.15) is 0 Å². The molecule has 10 heavy (non-hydrogen) atoms. The van der Waals surface area contributed by atoms with Gasteiger partial charge >= 0.3 is 0 Å². The number of rotatable bonds is 0. The van der Waals surface area contributed by atoms with Crippen molar-refractivity contribution in [2.75, 3.05) is 5.73 Å². The van der Waals surface area contributed by atoms with Gasteiger partial charge in [0.05, 0.1) is 11.6 Å². The molecule has 1 aromatic rings. The number of nitrogen functional groups attached to an aromatic ring is 1. The molecule has 1 rings (SSSR count). The van der Waals surface area contributed by atoms with Gasteiger partial charge in [0.2, 0.25) is 0 Å². The summed E-state index contributed by atoms with van der Waals surface area (Å²) in [5, 5.41) is 0.438. The van der Waals surface area contributed by atoms with Crippen molar-refractivity contribution in [3.63, 3.8) is 0 Å². The van der Waals surface area contributed by atoms with Crippen molar-refractivity contribution in [2.45, 2.75) is 0 Å². The standard InChI is InChI=1S/C7H5ClN2/c1-10-5-2-3-7(9)6(8)4-5/h2-4H,9H2. The number of hydrogen-bond acceptors (Lipinski definition) is 1. The number of anilines is 1. The third-order valence-electron chi connectivity index (χ3n) is 1.11. The van der Waals surface area contributed by atoms with Crippen LogP contribution in [0.3, 0.4) is 0 Å². The summed E-state index contributed by atoms with van der Waals surface area (Å²) in [5.74, 6) is 0. The third kappa shape index (κ3) is 1.20. The molecule has 0 amide bonds. The quantitative estimate of drug-likeness (QED) is 0.449. The van der Waals surface area contributed by atoms with Crippen molar-refractivity contribution < 1.29 is 0 Å². The molecule has 0 radical (unpaired) electrons. The first kappa shape index (κ1) is 6.91. The topological polar surface area (TPSA) is 30.4 Å². The number of nitrogens with zero attached hydrogens (tertiary/aromatic N) is 1. The summed E-state index contributed by atoms with van der Waals surface area (Å²) >= 11 is 5.62. The van der Waals surface area contributed by atoms with Crippen LogP contribution in [0, 0.1) is 6.57 Å². The molecule has 0 fully saturated rings. The van der Waals surface area contributed by atoms with E-state index in [0.29, 0.717) is 16.4 Å². The minimum Gasteiger partial charge on any atom is -0.398 e. The van der Waals surface area contributed by atoms with Crippen LogP contribution in [0.25, 0.3) is 4.85 Å². The van der Waals surface area contributed by atoms with Gasteiger partial charge in [-0.1, -0.05) is 17.7 Å².